The van der Waals surface area contributed by atoms with Gasteiger partial charge in [0.15, 0.2) is 0 Å². The van der Waals surface area contributed by atoms with E-state index in [1.807, 2.05) is 18.2 Å². The van der Waals surface area contributed by atoms with E-state index in [0.29, 0.717) is 0 Å². The van der Waals surface area contributed by atoms with Gasteiger partial charge < -0.3 is 9.47 Å². The van der Waals surface area contributed by atoms with Crippen molar-refractivity contribution < 1.29 is 9.47 Å². The fraction of sp³-hybridized carbons (Fsp3) is 0.211. The van der Waals surface area contributed by atoms with Gasteiger partial charge in [0, 0.05) is 10.9 Å². The number of rotatable bonds is 3. The van der Waals surface area contributed by atoms with E-state index in [9.17, 15) is 0 Å². The van der Waals surface area contributed by atoms with Crippen LogP contribution in [0.25, 0.3) is 22.2 Å². The molecule has 0 spiro atoms. The van der Waals surface area contributed by atoms with Gasteiger partial charge in [-0.3, -0.25) is 0 Å². The largest absolute Gasteiger partial charge is 0.497 e. The molecule has 4 rings (SSSR count). The monoisotopic (exact) mass is 291 g/mol. The number of aromatic nitrogens is 1. The lowest BCUT2D eigenvalue weighted by Crippen LogP contribution is -1.93. The Morgan fingerprint density at radius 2 is 1.86 bits per heavy atom. The average Bonchev–Trinajstić information content (AvgIpc) is 3.39. The van der Waals surface area contributed by atoms with Gasteiger partial charge in [0.05, 0.1) is 24.9 Å². The molecule has 2 aromatic carbocycles. The lowest BCUT2D eigenvalue weighted by Gasteiger charge is -2.10. The van der Waals surface area contributed by atoms with E-state index < -0.39 is 0 Å². The zero-order chi connectivity index (χ0) is 15.1. The highest BCUT2D eigenvalue weighted by atomic mass is 16.6. The predicted molar refractivity (Wildman–Crippen MR) is 87.2 cm³/mol. The molecule has 3 aromatic rings. The van der Waals surface area contributed by atoms with E-state index in [-0.39, 0.29) is 6.10 Å². The molecule has 0 N–H and O–H groups in total. The molecule has 1 atom stereocenters. The lowest BCUT2D eigenvalue weighted by atomic mass is 10.0. The van der Waals surface area contributed by atoms with Gasteiger partial charge in [0.25, 0.3) is 0 Å². The number of pyridine rings is 1. The number of methoxy groups -OCH3 is 1. The Labute approximate surface area is 129 Å². The minimum Gasteiger partial charge on any atom is -0.497 e. The second kappa shape index (κ2) is 5.11. The molecule has 0 radical (unpaired) electrons. The van der Waals surface area contributed by atoms with Crippen LogP contribution in [0.15, 0.2) is 48.5 Å². The summed E-state index contributed by atoms with van der Waals surface area (Å²) in [4.78, 5) is 4.81. The molecule has 1 saturated heterocycles. The van der Waals surface area contributed by atoms with Crippen molar-refractivity contribution in [1.82, 2.24) is 4.98 Å². The summed E-state index contributed by atoms with van der Waals surface area (Å²) in [5.41, 5.74) is 5.54. The molecule has 3 nitrogen and oxygen atoms in total. The van der Waals surface area contributed by atoms with Gasteiger partial charge in [0.2, 0.25) is 0 Å². The zero-order valence-corrected chi connectivity index (χ0v) is 12.7. The third-order valence-corrected chi connectivity index (χ3v) is 4.08. The topological polar surface area (TPSA) is 34.6 Å². The van der Waals surface area contributed by atoms with E-state index in [0.717, 1.165) is 34.5 Å². The smallest absolute Gasteiger partial charge is 0.119 e. The number of epoxide rings is 1. The van der Waals surface area contributed by atoms with Crippen LogP contribution >= 0.6 is 0 Å². The summed E-state index contributed by atoms with van der Waals surface area (Å²) in [6.07, 6.45) is 0.182. The number of benzene rings is 2. The van der Waals surface area contributed by atoms with Gasteiger partial charge in [-0.25, -0.2) is 4.98 Å². The summed E-state index contributed by atoms with van der Waals surface area (Å²) >= 11 is 0. The van der Waals surface area contributed by atoms with E-state index >= 15 is 0 Å². The first-order valence-corrected chi connectivity index (χ1v) is 7.42. The molecular formula is C19H17NO2. The third kappa shape index (κ3) is 2.34. The first kappa shape index (κ1) is 13.3. The summed E-state index contributed by atoms with van der Waals surface area (Å²) in [6.45, 7) is 2.87. The standard InChI is InChI=1S/C19H17NO2/c1-12-3-5-13(6-4-12)18-10-16(19-11-22-19)15-9-14(21-2)7-8-17(15)20-18/h3-10,19H,11H2,1-2H3. The number of hydrogen-bond donors (Lipinski definition) is 0. The highest BCUT2D eigenvalue weighted by Crippen LogP contribution is 2.38. The van der Waals surface area contributed by atoms with Gasteiger partial charge in [-0.1, -0.05) is 29.8 Å². The quantitative estimate of drug-likeness (QED) is 0.675. The van der Waals surface area contributed by atoms with Crippen LogP contribution in [-0.2, 0) is 4.74 Å². The van der Waals surface area contributed by atoms with Crippen molar-refractivity contribution in [3.8, 4) is 17.0 Å². The second-order valence-corrected chi connectivity index (χ2v) is 5.67. The maximum atomic E-state index is 5.52. The molecule has 2 heterocycles. The summed E-state index contributed by atoms with van der Waals surface area (Å²) in [5.74, 6) is 0.847. The van der Waals surface area contributed by atoms with Gasteiger partial charge in [-0.15, -0.1) is 0 Å². The summed E-state index contributed by atoms with van der Waals surface area (Å²) in [5, 5.41) is 1.11. The van der Waals surface area contributed by atoms with Crippen LogP contribution in [0.3, 0.4) is 0 Å². The highest BCUT2D eigenvalue weighted by Gasteiger charge is 2.27. The van der Waals surface area contributed by atoms with Crippen LogP contribution in [0, 0.1) is 6.92 Å². The number of ether oxygens (including phenoxy) is 2. The van der Waals surface area contributed by atoms with Crippen LogP contribution in [0.2, 0.25) is 0 Å². The number of nitrogens with zero attached hydrogens (tertiary/aromatic N) is 1. The molecule has 0 aliphatic carbocycles. The molecule has 1 aliphatic rings. The zero-order valence-electron chi connectivity index (χ0n) is 12.7. The fourth-order valence-electron chi connectivity index (χ4n) is 2.72. The maximum absolute atomic E-state index is 5.52. The third-order valence-electron chi connectivity index (χ3n) is 4.08. The fourth-order valence-corrected chi connectivity index (χ4v) is 2.72. The van der Waals surface area contributed by atoms with Gasteiger partial charge >= 0.3 is 0 Å². The van der Waals surface area contributed by atoms with E-state index in [1.165, 1.54) is 11.1 Å². The maximum Gasteiger partial charge on any atom is 0.119 e. The van der Waals surface area contributed by atoms with E-state index in [2.05, 4.69) is 37.3 Å². The average molecular weight is 291 g/mol. The molecule has 1 aliphatic heterocycles. The van der Waals surface area contributed by atoms with Crippen molar-refractivity contribution in [1.29, 1.82) is 0 Å². The number of aryl methyl sites for hydroxylation is 1. The second-order valence-electron chi connectivity index (χ2n) is 5.67. The first-order valence-electron chi connectivity index (χ1n) is 7.42. The van der Waals surface area contributed by atoms with Crippen molar-refractivity contribution in [2.75, 3.05) is 13.7 Å². The van der Waals surface area contributed by atoms with E-state index in [1.54, 1.807) is 7.11 Å². The van der Waals surface area contributed by atoms with Crippen molar-refractivity contribution in [3.63, 3.8) is 0 Å². The number of hydrogen-bond acceptors (Lipinski definition) is 3. The van der Waals surface area contributed by atoms with Crippen LogP contribution < -0.4 is 4.74 Å². The van der Waals surface area contributed by atoms with Crippen molar-refractivity contribution in [3.05, 3.63) is 59.7 Å². The minimum absolute atomic E-state index is 0.182. The summed E-state index contributed by atoms with van der Waals surface area (Å²) in [6, 6.07) is 16.6. The molecule has 0 saturated carbocycles. The molecule has 1 fully saturated rings. The summed E-state index contributed by atoms with van der Waals surface area (Å²) < 4.78 is 10.9. The minimum atomic E-state index is 0.182. The first-order chi connectivity index (χ1) is 10.7. The molecule has 3 heteroatoms. The molecule has 0 bridgehead atoms. The van der Waals surface area contributed by atoms with Crippen molar-refractivity contribution in [2.45, 2.75) is 13.0 Å². The molecule has 1 aromatic heterocycles. The number of fused-ring (bicyclic) bond motifs is 1. The molecular weight excluding hydrogens is 274 g/mol. The van der Waals surface area contributed by atoms with Gasteiger partial charge in [-0.05, 0) is 36.8 Å². The summed E-state index contributed by atoms with van der Waals surface area (Å²) in [7, 11) is 1.68. The molecule has 110 valence electrons. The van der Waals surface area contributed by atoms with Crippen LogP contribution in [-0.4, -0.2) is 18.7 Å². The Bertz CT molecular complexity index is 836. The molecule has 22 heavy (non-hydrogen) atoms. The van der Waals surface area contributed by atoms with E-state index in [4.69, 9.17) is 14.5 Å². The van der Waals surface area contributed by atoms with Crippen LogP contribution in [0.5, 0.6) is 5.75 Å². The van der Waals surface area contributed by atoms with Crippen LogP contribution in [0.1, 0.15) is 17.2 Å². The Balaban J connectivity index is 1.92. The highest BCUT2D eigenvalue weighted by molar-refractivity contribution is 5.87. The van der Waals surface area contributed by atoms with Crippen molar-refractivity contribution in [2.24, 2.45) is 0 Å². The normalized spacial score (nSPS) is 16.7. The van der Waals surface area contributed by atoms with Gasteiger partial charge in [0.1, 0.15) is 11.9 Å². The predicted octanol–water partition coefficient (Wildman–Crippen LogP) is 4.29. The van der Waals surface area contributed by atoms with Gasteiger partial charge in [-0.2, -0.15) is 0 Å². The lowest BCUT2D eigenvalue weighted by molar-refractivity contribution is 0.413. The SMILES string of the molecule is COc1ccc2nc(-c3ccc(C)cc3)cc(C3CO3)c2c1. The Morgan fingerprint density at radius 3 is 2.55 bits per heavy atom. The molecule has 1 unspecified atom stereocenters. The van der Waals surface area contributed by atoms with Crippen molar-refractivity contribution >= 4 is 10.9 Å². The van der Waals surface area contributed by atoms with Crippen LogP contribution in [0.4, 0.5) is 0 Å². The Kier molecular flexibility index (Phi) is 3.09. The molecule has 0 amide bonds. The Morgan fingerprint density at radius 1 is 1.09 bits per heavy atom. The Hall–Kier alpha value is -2.39.